The zero-order valence-corrected chi connectivity index (χ0v) is 6.30. The van der Waals surface area contributed by atoms with Crippen molar-refractivity contribution < 1.29 is 9.47 Å². The molecule has 9 heavy (non-hydrogen) atoms. The Hall–Kier alpha value is 1.20. The number of rotatable bonds is 3. The molecule has 0 aromatic carbocycles. The molecule has 0 amide bonds. The summed E-state index contributed by atoms with van der Waals surface area (Å²) in [6.45, 7) is 1.04. The van der Waals surface area contributed by atoms with E-state index in [-0.39, 0.29) is 33.9 Å². The average molecular weight is 176 g/mol. The molecule has 0 heterocycles. The second-order valence-corrected chi connectivity index (χ2v) is 2.19. The molecule has 0 bridgehead atoms. The number of methoxy groups -OCH3 is 1. The van der Waals surface area contributed by atoms with Gasteiger partial charge < -0.3 is 9.47 Å². The van der Waals surface area contributed by atoms with E-state index in [1.54, 1.807) is 7.11 Å². The molecule has 50 valence electrons. The fraction of sp³-hybridized carbons (Fsp3) is 0.750. The summed E-state index contributed by atoms with van der Waals surface area (Å²) in [5, 5.41) is 0. The van der Waals surface area contributed by atoms with E-state index in [0.717, 1.165) is 0 Å². The van der Waals surface area contributed by atoms with E-state index >= 15 is 0 Å². The molecule has 0 radical (unpaired) electrons. The van der Waals surface area contributed by atoms with Gasteiger partial charge >= 0.3 is 29.6 Å². The third kappa shape index (κ3) is 12.4. The monoisotopic (exact) mass is 176 g/mol. The summed E-state index contributed by atoms with van der Waals surface area (Å²) in [5.41, 5.74) is 0. The van der Waals surface area contributed by atoms with Gasteiger partial charge in [0, 0.05) is 7.11 Å². The third-order valence-corrected chi connectivity index (χ3v) is 0.760. The van der Waals surface area contributed by atoms with Gasteiger partial charge in [-0.15, -0.1) is 0 Å². The Balaban J connectivity index is 0. The molecular formula is C4H9NaO2S2. The van der Waals surface area contributed by atoms with Gasteiger partial charge in [0.25, 0.3) is 0 Å². The summed E-state index contributed by atoms with van der Waals surface area (Å²) in [5.74, 6) is 0. The van der Waals surface area contributed by atoms with E-state index in [1.165, 1.54) is 0 Å². The zero-order chi connectivity index (χ0) is 6.41. The first-order valence-corrected chi connectivity index (χ1v) is 2.97. The normalized spacial score (nSPS) is 7.78. The van der Waals surface area contributed by atoms with Crippen molar-refractivity contribution in [3.8, 4) is 0 Å². The van der Waals surface area contributed by atoms with E-state index in [4.69, 9.17) is 4.74 Å². The molecule has 2 nitrogen and oxygen atoms in total. The Morgan fingerprint density at radius 1 is 1.56 bits per heavy atom. The summed E-state index contributed by atoms with van der Waals surface area (Å²) in [7, 11) is 1.60. The van der Waals surface area contributed by atoms with Crippen molar-refractivity contribution >= 4 is 58.8 Å². The molecule has 0 aliphatic rings. The van der Waals surface area contributed by atoms with Crippen LogP contribution in [0.2, 0.25) is 0 Å². The SMILES string of the molecule is COCCOC(=S)S.[NaH]. The Morgan fingerprint density at radius 3 is 2.44 bits per heavy atom. The molecule has 0 unspecified atom stereocenters. The Morgan fingerprint density at radius 2 is 2.11 bits per heavy atom. The predicted octanol–water partition coefficient (Wildman–Crippen LogP) is 0.216. The van der Waals surface area contributed by atoms with Crippen LogP contribution in [0.5, 0.6) is 0 Å². The maximum atomic E-state index is 4.75. The van der Waals surface area contributed by atoms with E-state index in [2.05, 4.69) is 29.6 Å². The number of hydrogen-bond donors (Lipinski definition) is 1. The van der Waals surface area contributed by atoms with Crippen molar-refractivity contribution in [2.75, 3.05) is 20.3 Å². The van der Waals surface area contributed by atoms with E-state index < -0.39 is 0 Å². The van der Waals surface area contributed by atoms with Crippen LogP contribution < -0.4 is 0 Å². The molecule has 0 spiro atoms. The first-order chi connectivity index (χ1) is 3.77. The van der Waals surface area contributed by atoms with Gasteiger partial charge in [0.05, 0.1) is 6.61 Å². The van der Waals surface area contributed by atoms with E-state index in [9.17, 15) is 0 Å². The molecule has 0 atom stereocenters. The Bertz CT molecular complexity index is 79.0. The van der Waals surface area contributed by atoms with Crippen LogP contribution in [0.4, 0.5) is 0 Å². The summed E-state index contributed by atoms with van der Waals surface area (Å²) in [6.07, 6.45) is 0. The van der Waals surface area contributed by atoms with Gasteiger partial charge in [-0.3, -0.25) is 0 Å². The molecule has 0 aromatic rings. The second kappa shape index (κ2) is 9.20. The molecule has 0 aromatic heterocycles. The van der Waals surface area contributed by atoms with Crippen molar-refractivity contribution in [2.24, 2.45) is 0 Å². The van der Waals surface area contributed by atoms with E-state index in [1.807, 2.05) is 0 Å². The van der Waals surface area contributed by atoms with Crippen molar-refractivity contribution in [1.82, 2.24) is 0 Å². The van der Waals surface area contributed by atoms with Crippen LogP contribution >= 0.6 is 24.8 Å². The first-order valence-electron chi connectivity index (χ1n) is 2.12. The number of thiocarbonyl (C=S) groups is 1. The molecule has 0 N–H and O–H groups in total. The Labute approximate surface area is 88.0 Å². The topological polar surface area (TPSA) is 18.5 Å². The molecule has 0 saturated heterocycles. The zero-order valence-electron chi connectivity index (χ0n) is 4.59. The van der Waals surface area contributed by atoms with Gasteiger partial charge in [-0.2, -0.15) is 0 Å². The van der Waals surface area contributed by atoms with E-state index in [0.29, 0.717) is 13.2 Å². The van der Waals surface area contributed by atoms with Crippen molar-refractivity contribution in [2.45, 2.75) is 0 Å². The van der Waals surface area contributed by atoms with Crippen molar-refractivity contribution in [3.63, 3.8) is 0 Å². The van der Waals surface area contributed by atoms with Gasteiger partial charge in [-0.1, -0.05) is 12.6 Å². The van der Waals surface area contributed by atoms with Crippen LogP contribution in [0.15, 0.2) is 0 Å². The average Bonchev–Trinajstić information content (AvgIpc) is 1.66. The standard InChI is InChI=1S/C4H8O2S2.Na.H/c1-5-2-3-6-4(7)8;;/h2-3H2,1H3,(H,7,8);;. The van der Waals surface area contributed by atoms with Gasteiger partial charge in [0.2, 0.25) is 4.38 Å². The van der Waals surface area contributed by atoms with Gasteiger partial charge in [-0.05, 0) is 12.2 Å². The van der Waals surface area contributed by atoms with Crippen LogP contribution in [0.1, 0.15) is 0 Å². The predicted molar refractivity (Wildman–Crippen MR) is 46.6 cm³/mol. The fourth-order valence-corrected chi connectivity index (χ4v) is 0.387. The van der Waals surface area contributed by atoms with Crippen molar-refractivity contribution in [1.29, 1.82) is 0 Å². The summed E-state index contributed by atoms with van der Waals surface area (Å²) >= 11 is 8.22. The number of hydrogen-bond acceptors (Lipinski definition) is 3. The molecule has 0 saturated carbocycles. The quantitative estimate of drug-likeness (QED) is 0.287. The third-order valence-electron chi connectivity index (χ3n) is 0.513. The molecule has 0 aliphatic carbocycles. The van der Waals surface area contributed by atoms with Gasteiger partial charge in [-0.25, -0.2) is 0 Å². The Kier molecular flexibility index (Phi) is 13.1. The van der Waals surface area contributed by atoms with Crippen LogP contribution in [0.25, 0.3) is 0 Å². The maximum absolute atomic E-state index is 4.75. The van der Waals surface area contributed by atoms with Crippen molar-refractivity contribution in [3.05, 3.63) is 0 Å². The summed E-state index contributed by atoms with van der Waals surface area (Å²) in [6, 6.07) is 0. The minimum atomic E-state index is 0. The molecular weight excluding hydrogens is 167 g/mol. The fourth-order valence-electron chi connectivity index (χ4n) is 0.212. The van der Waals surface area contributed by atoms with Crippen LogP contribution in [0, 0.1) is 0 Å². The minimum absolute atomic E-state index is 0. The van der Waals surface area contributed by atoms with Gasteiger partial charge in [0.15, 0.2) is 0 Å². The summed E-state index contributed by atoms with van der Waals surface area (Å²) < 4.78 is 9.69. The second-order valence-electron chi connectivity index (χ2n) is 1.11. The van der Waals surface area contributed by atoms with Crippen LogP contribution in [-0.2, 0) is 9.47 Å². The molecule has 0 fully saturated rings. The first kappa shape index (κ1) is 12.8. The number of thiol groups is 1. The molecule has 0 aliphatic heterocycles. The summed E-state index contributed by atoms with van der Waals surface area (Å²) in [4.78, 5) is 0. The molecule has 0 rings (SSSR count). The van der Waals surface area contributed by atoms with Crippen LogP contribution in [-0.4, -0.2) is 54.3 Å². The van der Waals surface area contributed by atoms with Gasteiger partial charge in [0.1, 0.15) is 6.61 Å². The number of ether oxygens (including phenoxy) is 2. The van der Waals surface area contributed by atoms with Crippen LogP contribution in [0.3, 0.4) is 0 Å². The molecule has 5 heteroatoms.